The summed E-state index contributed by atoms with van der Waals surface area (Å²) in [5, 5.41) is 18.0. The number of aldehydes is 1. The Morgan fingerprint density at radius 2 is 2.08 bits per heavy atom. The van der Waals surface area contributed by atoms with Gasteiger partial charge in [0.1, 0.15) is 6.29 Å². The summed E-state index contributed by atoms with van der Waals surface area (Å²) in [6.07, 6.45) is 0.589. The van der Waals surface area contributed by atoms with E-state index in [-0.39, 0.29) is 5.56 Å². The van der Waals surface area contributed by atoms with Crippen LogP contribution in [0.25, 0.3) is 0 Å². The molecule has 0 aromatic heterocycles. The highest BCUT2D eigenvalue weighted by Gasteiger charge is 2.15. The normalized spacial score (nSPS) is 12.5. The molecule has 0 radical (unpaired) electrons. The number of hydrogen-bond acceptors (Lipinski definition) is 3. The van der Waals surface area contributed by atoms with Crippen LogP contribution in [0, 0.1) is 5.82 Å². The molecule has 3 nitrogen and oxygen atoms in total. The second kappa shape index (κ2) is 3.43. The SMILES string of the molecule is CC(C=O)c1ccc(O)c(F)c1O. The fraction of sp³-hybridized carbons (Fsp3) is 0.222. The smallest absolute Gasteiger partial charge is 0.206 e. The number of hydrogen-bond donors (Lipinski definition) is 2. The second-order valence-corrected chi connectivity index (χ2v) is 2.76. The van der Waals surface area contributed by atoms with Gasteiger partial charge in [-0.15, -0.1) is 0 Å². The first-order valence-electron chi connectivity index (χ1n) is 3.73. The molecule has 0 spiro atoms. The van der Waals surface area contributed by atoms with Gasteiger partial charge in [0.2, 0.25) is 5.82 Å². The third kappa shape index (κ3) is 1.61. The molecule has 0 aliphatic carbocycles. The molecule has 0 heterocycles. The second-order valence-electron chi connectivity index (χ2n) is 2.76. The maximum atomic E-state index is 12.9. The minimum atomic E-state index is -1.09. The van der Waals surface area contributed by atoms with Crippen molar-refractivity contribution in [3.05, 3.63) is 23.5 Å². The number of phenolic OH excluding ortho intramolecular Hbond substituents is 2. The third-order valence-corrected chi connectivity index (χ3v) is 1.82. The van der Waals surface area contributed by atoms with Crippen LogP contribution in [0.3, 0.4) is 0 Å². The van der Waals surface area contributed by atoms with Crippen LogP contribution in [-0.4, -0.2) is 16.5 Å². The molecule has 0 amide bonds. The summed E-state index contributed by atoms with van der Waals surface area (Å²) in [4.78, 5) is 10.4. The molecule has 0 saturated carbocycles. The number of halogens is 1. The molecule has 70 valence electrons. The van der Waals surface area contributed by atoms with Gasteiger partial charge in [0.25, 0.3) is 0 Å². The lowest BCUT2D eigenvalue weighted by Gasteiger charge is -2.08. The number of aromatic hydroxyl groups is 2. The molecule has 13 heavy (non-hydrogen) atoms. The van der Waals surface area contributed by atoms with Crippen LogP contribution in [-0.2, 0) is 4.79 Å². The van der Waals surface area contributed by atoms with Gasteiger partial charge < -0.3 is 15.0 Å². The molecular weight excluding hydrogens is 175 g/mol. The van der Waals surface area contributed by atoms with Crippen molar-refractivity contribution in [2.24, 2.45) is 0 Å². The van der Waals surface area contributed by atoms with Crippen LogP contribution < -0.4 is 0 Å². The Kier molecular flexibility index (Phi) is 2.51. The predicted octanol–water partition coefficient (Wildman–Crippen LogP) is 1.54. The van der Waals surface area contributed by atoms with Crippen molar-refractivity contribution in [1.29, 1.82) is 0 Å². The summed E-state index contributed by atoms with van der Waals surface area (Å²) in [5.41, 5.74) is 0.172. The van der Waals surface area contributed by atoms with Gasteiger partial charge >= 0.3 is 0 Å². The molecule has 2 N–H and O–H groups in total. The van der Waals surface area contributed by atoms with E-state index in [9.17, 15) is 14.3 Å². The summed E-state index contributed by atoms with van der Waals surface area (Å²) in [5.74, 6) is -2.97. The summed E-state index contributed by atoms with van der Waals surface area (Å²) < 4.78 is 12.9. The van der Waals surface area contributed by atoms with Gasteiger partial charge in [0, 0.05) is 11.5 Å². The molecule has 1 atom stereocenters. The number of carbonyl (C=O) groups is 1. The number of rotatable bonds is 2. The Balaban J connectivity index is 3.25. The Labute approximate surface area is 74.4 Å². The third-order valence-electron chi connectivity index (χ3n) is 1.82. The van der Waals surface area contributed by atoms with Gasteiger partial charge in [-0.1, -0.05) is 13.0 Å². The van der Waals surface area contributed by atoms with E-state index in [1.54, 1.807) is 0 Å². The fourth-order valence-corrected chi connectivity index (χ4v) is 1.01. The predicted molar refractivity (Wildman–Crippen MR) is 44.2 cm³/mol. The Morgan fingerprint density at radius 1 is 1.46 bits per heavy atom. The van der Waals surface area contributed by atoms with Gasteiger partial charge in [0.05, 0.1) is 0 Å². The molecule has 0 fully saturated rings. The van der Waals surface area contributed by atoms with E-state index in [0.717, 1.165) is 6.07 Å². The van der Waals surface area contributed by atoms with Crippen LogP contribution in [0.5, 0.6) is 11.5 Å². The molecule has 0 aliphatic heterocycles. The highest BCUT2D eigenvalue weighted by molar-refractivity contribution is 5.64. The van der Waals surface area contributed by atoms with Crippen molar-refractivity contribution >= 4 is 6.29 Å². The minimum Gasteiger partial charge on any atom is -0.505 e. The van der Waals surface area contributed by atoms with Gasteiger partial charge in [0.15, 0.2) is 11.5 Å². The van der Waals surface area contributed by atoms with Crippen LogP contribution in [0.15, 0.2) is 12.1 Å². The van der Waals surface area contributed by atoms with Crippen molar-refractivity contribution in [2.45, 2.75) is 12.8 Å². The fourth-order valence-electron chi connectivity index (χ4n) is 1.01. The van der Waals surface area contributed by atoms with Gasteiger partial charge in [-0.25, -0.2) is 0 Å². The standard InChI is InChI=1S/C9H9FO3/c1-5(4-11)6-2-3-7(12)8(10)9(6)13/h2-5,12-13H,1H3. The molecule has 0 saturated heterocycles. The lowest BCUT2D eigenvalue weighted by atomic mass is 10.0. The van der Waals surface area contributed by atoms with Crippen molar-refractivity contribution in [3.63, 3.8) is 0 Å². The monoisotopic (exact) mass is 184 g/mol. The zero-order chi connectivity index (χ0) is 10.0. The van der Waals surface area contributed by atoms with Crippen molar-refractivity contribution in [3.8, 4) is 11.5 Å². The van der Waals surface area contributed by atoms with Gasteiger partial charge in [-0.2, -0.15) is 4.39 Å². The Morgan fingerprint density at radius 3 is 2.62 bits per heavy atom. The zero-order valence-corrected chi connectivity index (χ0v) is 6.99. The Hall–Kier alpha value is -1.58. The average molecular weight is 184 g/mol. The van der Waals surface area contributed by atoms with Crippen molar-refractivity contribution in [1.82, 2.24) is 0 Å². The highest BCUT2D eigenvalue weighted by atomic mass is 19.1. The van der Waals surface area contributed by atoms with E-state index in [2.05, 4.69) is 0 Å². The van der Waals surface area contributed by atoms with Crippen LogP contribution >= 0.6 is 0 Å². The van der Waals surface area contributed by atoms with Crippen molar-refractivity contribution in [2.75, 3.05) is 0 Å². The van der Waals surface area contributed by atoms with E-state index in [1.807, 2.05) is 0 Å². The maximum Gasteiger partial charge on any atom is 0.206 e. The van der Waals surface area contributed by atoms with Crippen molar-refractivity contribution < 1.29 is 19.4 Å². The van der Waals surface area contributed by atoms with Crippen LogP contribution in [0.4, 0.5) is 4.39 Å². The molecule has 1 aromatic carbocycles. The van der Waals surface area contributed by atoms with Crippen LogP contribution in [0.2, 0.25) is 0 Å². The minimum absolute atomic E-state index is 0.172. The Bertz CT molecular complexity index is 336. The van der Waals surface area contributed by atoms with E-state index < -0.39 is 23.2 Å². The molecule has 4 heteroatoms. The summed E-state index contributed by atoms with van der Waals surface area (Å²) in [6.45, 7) is 1.53. The first-order valence-corrected chi connectivity index (χ1v) is 3.73. The molecule has 1 aromatic rings. The van der Waals surface area contributed by atoms with E-state index >= 15 is 0 Å². The summed E-state index contributed by atoms with van der Waals surface area (Å²) >= 11 is 0. The van der Waals surface area contributed by atoms with Crippen LogP contribution in [0.1, 0.15) is 18.4 Å². The van der Waals surface area contributed by atoms with Gasteiger partial charge in [-0.3, -0.25) is 0 Å². The largest absolute Gasteiger partial charge is 0.505 e. The molecular formula is C9H9FO3. The summed E-state index contributed by atoms with van der Waals surface area (Å²) in [7, 11) is 0. The highest BCUT2D eigenvalue weighted by Crippen LogP contribution is 2.32. The summed E-state index contributed by atoms with van der Waals surface area (Å²) in [6, 6.07) is 2.41. The quantitative estimate of drug-likeness (QED) is 0.685. The van der Waals surface area contributed by atoms with E-state index in [0.29, 0.717) is 6.29 Å². The first-order chi connectivity index (χ1) is 6.07. The lowest BCUT2D eigenvalue weighted by Crippen LogP contribution is -1.96. The average Bonchev–Trinajstić information content (AvgIpc) is 2.13. The molecule has 1 unspecified atom stereocenters. The lowest BCUT2D eigenvalue weighted by molar-refractivity contribution is -0.108. The number of carbonyl (C=O) groups excluding carboxylic acids is 1. The number of benzene rings is 1. The number of phenols is 2. The maximum absolute atomic E-state index is 12.9. The van der Waals surface area contributed by atoms with E-state index in [4.69, 9.17) is 5.11 Å². The van der Waals surface area contributed by atoms with E-state index in [1.165, 1.54) is 13.0 Å². The zero-order valence-electron chi connectivity index (χ0n) is 6.99. The molecule has 1 rings (SSSR count). The molecule has 0 bridgehead atoms. The van der Waals surface area contributed by atoms with Gasteiger partial charge in [-0.05, 0) is 6.07 Å². The first kappa shape index (κ1) is 9.51. The molecule has 0 aliphatic rings. The topological polar surface area (TPSA) is 57.5 Å².